The van der Waals surface area contributed by atoms with Crippen molar-refractivity contribution in [2.75, 3.05) is 30.6 Å². The van der Waals surface area contributed by atoms with E-state index in [2.05, 4.69) is 20.6 Å². The predicted molar refractivity (Wildman–Crippen MR) is 131 cm³/mol. The van der Waals surface area contributed by atoms with Gasteiger partial charge in [-0.25, -0.2) is 18.7 Å². The minimum absolute atomic E-state index is 0.0200. The predicted octanol–water partition coefficient (Wildman–Crippen LogP) is 4.09. The van der Waals surface area contributed by atoms with Crippen molar-refractivity contribution in [3.63, 3.8) is 0 Å². The summed E-state index contributed by atoms with van der Waals surface area (Å²) in [6.07, 6.45) is 0.0767. The molecule has 188 valence electrons. The lowest BCUT2D eigenvalue weighted by Gasteiger charge is -2.25. The molecule has 1 aromatic carbocycles. The van der Waals surface area contributed by atoms with Crippen molar-refractivity contribution in [1.82, 2.24) is 15.0 Å². The molecule has 2 aromatic heterocycles. The second-order valence-corrected chi connectivity index (χ2v) is 10.5. The highest BCUT2D eigenvalue weighted by molar-refractivity contribution is 7.21. The number of hydrogen-bond donors (Lipinski definition) is 3. The Hall–Kier alpha value is -2.47. The summed E-state index contributed by atoms with van der Waals surface area (Å²) in [4.78, 5) is 13.9. The number of para-hydroxylation sites is 1. The number of halogens is 2. The fraction of sp³-hybridized carbons (Fsp3) is 0.542. The standard InChI is InChI=1S/C24H29F2N5O3S/c1-12-18(22-30-15-6-4-5-7-17(15)35-22)21(31-23(27-12)28-14(9-25)10-26)29-16-8-13(11-32)19-20(16)34-24(2,3)33-19/h4-7,13-14,16,19-20,32H,8-11H2,1-3H3,(H2,27,28,29,31)/t13-,16-,19-,20+/m1/s1. The number of ether oxygens (including phenoxy) is 2. The molecule has 3 N–H and O–H groups in total. The largest absolute Gasteiger partial charge is 0.396 e. The molecule has 1 saturated carbocycles. The number of anilines is 2. The SMILES string of the molecule is Cc1nc(NC(CF)CF)nc(N[C@@H]2C[C@H](CO)[C@H]3OC(C)(C)O[C@H]32)c1-c1nc2ccccc2s1. The summed E-state index contributed by atoms with van der Waals surface area (Å²) in [5.41, 5.74) is 2.21. The Labute approximate surface area is 206 Å². The van der Waals surface area contributed by atoms with E-state index in [0.29, 0.717) is 17.9 Å². The van der Waals surface area contributed by atoms with Gasteiger partial charge >= 0.3 is 0 Å². The number of aromatic nitrogens is 3. The summed E-state index contributed by atoms with van der Waals surface area (Å²) in [6.45, 7) is 3.75. The molecule has 35 heavy (non-hydrogen) atoms. The van der Waals surface area contributed by atoms with Crippen molar-refractivity contribution < 1.29 is 23.4 Å². The van der Waals surface area contributed by atoms with E-state index in [1.165, 1.54) is 11.3 Å². The van der Waals surface area contributed by atoms with Crippen LogP contribution in [0.5, 0.6) is 0 Å². The monoisotopic (exact) mass is 505 g/mol. The second-order valence-electron chi connectivity index (χ2n) is 9.49. The Morgan fingerprint density at radius 1 is 1.14 bits per heavy atom. The van der Waals surface area contributed by atoms with Crippen molar-refractivity contribution in [3.05, 3.63) is 30.0 Å². The van der Waals surface area contributed by atoms with Gasteiger partial charge in [0.15, 0.2) is 5.79 Å². The van der Waals surface area contributed by atoms with Gasteiger partial charge in [0.1, 0.15) is 30.3 Å². The van der Waals surface area contributed by atoms with Crippen LogP contribution in [0.4, 0.5) is 20.5 Å². The van der Waals surface area contributed by atoms with E-state index in [1.54, 1.807) is 0 Å². The van der Waals surface area contributed by atoms with Crippen LogP contribution < -0.4 is 10.6 Å². The Bertz CT molecular complexity index is 1170. The second kappa shape index (κ2) is 9.53. The molecule has 8 nitrogen and oxygen atoms in total. The van der Waals surface area contributed by atoms with Crippen LogP contribution in [0.15, 0.2) is 24.3 Å². The molecule has 4 atom stereocenters. The Balaban J connectivity index is 1.55. The van der Waals surface area contributed by atoms with Crippen LogP contribution in [-0.4, -0.2) is 70.1 Å². The summed E-state index contributed by atoms with van der Waals surface area (Å²) in [5.74, 6) is -0.227. The Morgan fingerprint density at radius 3 is 2.60 bits per heavy atom. The third-order valence-electron chi connectivity index (χ3n) is 6.44. The topological polar surface area (TPSA) is 101 Å². The lowest BCUT2D eigenvalue weighted by Crippen LogP contribution is -2.35. The summed E-state index contributed by atoms with van der Waals surface area (Å²) in [7, 11) is 0. The highest BCUT2D eigenvalue weighted by Crippen LogP contribution is 2.44. The van der Waals surface area contributed by atoms with Crippen molar-refractivity contribution in [3.8, 4) is 10.6 Å². The first-order valence-corrected chi connectivity index (χ1v) is 12.5. The molecular weight excluding hydrogens is 476 g/mol. The number of alkyl halides is 2. The average Bonchev–Trinajstić information content (AvgIpc) is 3.48. The molecule has 1 saturated heterocycles. The summed E-state index contributed by atoms with van der Waals surface area (Å²) in [5, 5.41) is 16.9. The lowest BCUT2D eigenvalue weighted by molar-refractivity contribution is -0.158. The maximum Gasteiger partial charge on any atom is 0.225 e. The first-order valence-electron chi connectivity index (χ1n) is 11.7. The maximum absolute atomic E-state index is 13.2. The van der Waals surface area contributed by atoms with Gasteiger partial charge in [-0.15, -0.1) is 11.3 Å². The molecule has 0 bridgehead atoms. The third kappa shape index (κ3) is 4.69. The van der Waals surface area contributed by atoms with Crippen LogP contribution in [0, 0.1) is 12.8 Å². The molecule has 0 amide bonds. The average molecular weight is 506 g/mol. The first-order chi connectivity index (χ1) is 16.8. The van der Waals surface area contributed by atoms with E-state index in [0.717, 1.165) is 20.8 Å². The van der Waals surface area contributed by atoms with Crippen molar-refractivity contribution >= 4 is 33.3 Å². The molecule has 0 spiro atoms. The van der Waals surface area contributed by atoms with Gasteiger partial charge in [-0.3, -0.25) is 0 Å². The van der Waals surface area contributed by atoms with Gasteiger partial charge in [0.2, 0.25) is 5.95 Å². The van der Waals surface area contributed by atoms with E-state index < -0.39 is 25.2 Å². The molecule has 1 aliphatic heterocycles. The number of rotatable bonds is 8. The Kier molecular flexibility index (Phi) is 6.60. The zero-order valence-electron chi connectivity index (χ0n) is 19.8. The van der Waals surface area contributed by atoms with E-state index in [9.17, 15) is 13.9 Å². The van der Waals surface area contributed by atoms with Gasteiger partial charge in [0, 0.05) is 12.5 Å². The van der Waals surface area contributed by atoms with Gasteiger partial charge in [-0.2, -0.15) is 4.98 Å². The fourth-order valence-electron chi connectivity index (χ4n) is 4.86. The van der Waals surface area contributed by atoms with E-state index in [1.807, 2.05) is 45.0 Å². The molecule has 0 radical (unpaired) electrons. The summed E-state index contributed by atoms with van der Waals surface area (Å²) in [6, 6.07) is 6.61. The summed E-state index contributed by atoms with van der Waals surface area (Å²) < 4.78 is 39.7. The number of thiazole rings is 1. The van der Waals surface area contributed by atoms with Crippen molar-refractivity contribution in [1.29, 1.82) is 0 Å². The number of hydrogen-bond acceptors (Lipinski definition) is 9. The van der Waals surface area contributed by atoms with Gasteiger partial charge in [0.25, 0.3) is 0 Å². The number of nitrogens with one attached hydrogen (secondary N) is 2. The molecule has 11 heteroatoms. The fourth-order valence-corrected chi connectivity index (χ4v) is 5.92. The number of aryl methyl sites for hydroxylation is 1. The van der Waals surface area contributed by atoms with Crippen LogP contribution >= 0.6 is 11.3 Å². The van der Waals surface area contributed by atoms with Crippen LogP contribution in [-0.2, 0) is 9.47 Å². The van der Waals surface area contributed by atoms with Gasteiger partial charge in [-0.1, -0.05) is 12.1 Å². The molecule has 5 rings (SSSR count). The van der Waals surface area contributed by atoms with Crippen LogP contribution in [0.1, 0.15) is 26.0 Å². The van der Waals surface area contributed by atoms with Crippen molar-refractivity contribution in [2.24, 2.45) is 5.92 Å². The minimum atomic E-state index is -1.03. The number of nitrogens with zero attached hydrogens (tertiary/aromatic N) is 3. The number of aliphatic hydroxyl groups is 1. The molecule has 0 unspecified atom stereocenters. The normalized spacial score (nSPS) is 25.3. The zero-order valence-corrected chi connectivity index (χ0v) is 20.6. The highest BCUT2D eigenvalue weighted by Gasteiger charge is 2.54. The lowest BCUT2D eigenvalue weighted by atomic mass is 10.1. The van der Waals surface area contributed by atoms with Crippen LogP contribution in [0.3, 0.4) is 0 Å². The zero-order chi connectivity index (χ0) is 24.7. The third-order valence-corrected chi connectivity index (χ3v) is 7.50. The Morgan fingerprint density at radius 2 is 1.89 bits per heavy atom. The molecule has 2 aliphatic rings. The van der Waals surface area contributed by atoms with E-state index in [4.69, 9.17) is 14.5 Å². The minimum Gasteiger partial charge on any atom is -0.396 e. The maximum atomic E-state index is 13.2. The quantitative estimate of drug-likeness (QED) is 0.421. The molecule has 3 heterocycles. The van der Waals surface area contributed by atoms with E-state index >= 15 is 0 Å². The number of fused-ring (bicyclic) bond motifs is 2. The van der Waals surface area contributed by atoms with E-state index in [-0.39, 0.29) is 36.7 Å². The molecule has 3 aromatic rings. The number of aliphatic hydroxyl groups excluding tert-OH is 1. The van der Waals surface area contributed by atoms with Crippen molar-refractivity contribution in [2.45, 2.75) is 57.3 Å². The first kappa shape index (κ1) is 24.2. The van der Waals surface area contributed by atoms with Crippen LogP contribution in [0.25, 0.3) is 20.8 Å². The summed E-state index contributed by atoms with van der Waals surface area (Å²) >= 11 is 1.52. The van der Waals surface area contributed by atoms with Crippen LogP contribution in [0.2, 0.25) is 0 Å². The van der Waals surface area contributed by atoms with Gasteiger partial charge < -0.3 is 25.2 Å². The molecular formula is C24H29F2N5O3S. The molecule has 2 fully saturated rings. The van der Waals surface area contributed by atoms with Gasteiger partial charge in [-0.05, 0) is 39.3 Å². The smallest absolute Gasteiger partial charge is 0.225 e. The molecule has 1 aliphatic carbocycles. The van der Waals surface area contributed by atoms with Gasteiger partial charge in [0.05, 0.1) is 39.7 Å². The number of benzene rings is 1. The highest BCUT2D eigenvalue weighted by atomic mass is 32.1.